The molecular formula is C19H19NO2. The van der Waals surface area contributed by atoms with Crippen molar-refractivity contribution in [1.82, 2.24) is 4.40 Å². The number of carbonyl (C=O) groups excluding carboxylic acids is 1. The van der Waals surface area contributed by atoms with E-state index in [0.29, 0.717) is 5.69 Å². The Morgan fingerprint density at radius 3 is 2.50 bits per heavy atom. The number of aldehydes is 1. The molecule has 1 aromatic carbocycles. The van der Waals surface area contributed by atoms with Crippen molar-refractivity contribution >= 4 is 11.8 Å². The zero-order chi connectivity index (χ0) is 15.9. The fraction of sp³-hybridized carbons (Fsp3) is 0.211. The number of aryl methyl sites for hydroxylation is 1. The molecule has 0 fully saturated rings. The molecule has 0 saturated heterocycles. The number of aromatic nitrogens is 1. The summed E-state index contributed by atoms with van der Waals surface area (Å²) in [6.07, 6.45) is 2.85. The minimum Gasteiger partial charge on any atom is -0.496 e. The molecule has 0 radical (unpaired) electrons. The maximum Gasteiger partial charge on any atom is 0.167 e. The van der Waals surface area contributed by atoms with Gasteiger partial charge < -0.3 is 9.14 Å². The third kappa shape index (κ3) is 2.01. The molecule has 0 amide bonds. The van der Waals surface area contributed by atoms with Crippen LogP contribution in [0.15, 0.2) is 36.5 Å². The number of hydrogen-bond donors (Lipinski definition) is 0. The number of methoxy groups -OCH3 is 1. The van der Waals surface area contributed by atoms with Gasteiger partial charge in [0.25, 0.3) is 0 Å². The Hall–Kier alpha value is -2.55. The third-order valence-electron chi connectivity index (χ3n) is 4.35. The lowest BCUT2D eigenvalue weighted by atomic mass is 9.94. The second kappa shape index (κ2) is 5.34. The minimum absolute atomic E-state index is 0.683. The average Bonchev–Trinajstić information content (AvgIpc) is 2.89. The molecule has 0 unspecified atom stereocenters. The molecule has 3 nitrogen and oxygen atoms in total. The summed E-state index contributed by atoms with van der Waals surface area (Å²) in [4.78, 5) is 11.6. The maximum atomic E-state index is 11.6. The Kier molecular flexibility index (Phi) is 3.49. The van der Waals surface area contributed by atoms with Gasteiger partial charge >= 0.3 is 0 Å². The lowest BCUT2D eigenvalue weighted by molar-refractivity contribution is 0.111. The van der Waals surface area contributed by atoms with Crippen LogP contribution in [0, 0.1) is 20.8 Å². The summed E-state index contributed by atoms with van der Waals surface area (Å²) in [7, 11) is 1.69. The van der Waals surface area contributed by atoms with Gasteiger partial charge in [-0.3, -0.25) is 4.79 Å². The van der Waals surface area contributed by atoms with Crippen LogP contribution in [0.25, 0.3) is 16.6 Å². The second-order valence-corrected chi connectivity index (χ2v) is 5.58. The highest BCUT2D eigenvalue weighted by Crippen LogP contribution is 2.36. The Morgan fingerprint density at radius 2 is 1.82 bits per heavy atom. The van der Waals surface area contributed by atoms with E-state index in [-0.39, 0.29) is 0 Å². The van der Waals surface area contributed by atoms with E-state index >= 15 is 0 Å². The van der Waals surface area contributed by atoms with Crippen molar-refractivity contribution in [1.29, 1.82) is 0 Å². The molecule has 0 bridgehead atoms. The molecule has 0 aliphatic heterocycles. The van der Waals surface area contributed by atoms with Crippen molar-refractivity contribution in [3.05, 3.63) is 58.9 Å². The van der Waals surface area contributed by atoms with Gasteiger partial charge in [0.1, 0.15) is 5.75 Å². The summed E-state index contributed by atoms with van der Waals surface area (Å²) in [5.41, 5.74) is 7.08. The van der Waals surface area contributed by atoms with E-state index in [4.69, 9.17) is 4.74 Å². The first-order valence-electron chi connectivity index (χ1n) is 7.29. The van der Waals surface area contributed by atoms with Crippen molar-refractivity contribution in [3.8, 4) is 16.9 Å². The number of pyridine rings is 1. The number of carbonyl (C=O) groups is 1. The zero-order valence-electron chi connectivity index (χ0n) is 13.3. The maximum absolute atomic E-state index is 11.6. The SMILES string of the molecule is COc1c(C)cc(-c2cc3ccccn3c2C=O)c(C)c1C. The Bertz CT molecular complexity index is 875. The summed E-state index contributed by atoms with van der Waals surface area (Å²) in [6.45, 7) is 6.16. The minimum atomic E-state index is 0.683. The topological polar surface area (TPSA) is 30.7 Å². The van der Waals surface area contributed by atoms with E-state index in [0.717, 1.165) is 45.4 Å². The van der Waals surface area contributed by atoms with E-state index in [1.807, 2.05) is 35.7 Å². The summed E-state index contributed by atoms with van der Waals surface area (Å²) in [6, 6.07) is 10.1. The van der Waals surface area contributed by atoms with Crippen LogP contribution in [0.1, 0.15) is 27.2 Å². The van der Waals surface area contributed by atoms with Crippen molar-refractivity contribution < 1.29 is 9.53 Å². The number of hydrogen-bond acceptors (Lipinski definition) is 2. The molecule has 0 saturated carbocycles. The highest BCUT2D eigenvalue weighted by Gasteiger charge is 2.17. The van der Waals surface area contributed by atoms with Crippen LogP contribution in [0.3, 0.4) is 0 Å². The van der Waals surface area contributed by atoms with Crippen molar-refractivity contribution in [2.24, 2.45) is 0 Å². The number of fused-ring (bicyclic) bond motifs is 1. The first kappa shape index (κ1) is 14.4. The first-order valence-corrected chi connectivity index (χ1v) is 7.29. The zero-order valence-corrected chi connectivity index (χ0v) is 13.3. The average molecular weight is 293 g/mol. The van der Waals surface area contributed by atoms with Gasteiger partial charge in [-0.05, 0) is 67.3 Å². The normalized spacial score (nSPS) is 10.9. The van der Waals surface area contributed by atoms with Crippen molar-refractivity contribution in [3.63, 3.8) is 0 Å². The molecule has 0 aliphatic rings. The van der Waals surface area contributed by atoms with Crippen LogP contribution in [-0.2, 0) is 0 Å². The Balaban J connectivity index is 2.35. The quantitative estimate of drug-likeness (QED) is 0.672. The van der Waals surface area contributed by atoms with Gasteiger partial charge in [-0.25, -0.2) is 0 Å². The van der Waals surface area contributed by atoms with E-state index in [1.54, 1.807) is 7.11 Å². The van der Waals surface area contributed by atoms with Crippen LogP contribution >= 0.6 is 0 Å². The highest BCUT2D eigenvalue weighted by molar-refractivity contribution is 5.91. The fourth-order valence-electron chi connectivity index (χ4n) is 3.13. The third-order valence-corrected chi connectivity index (χ3v) is 4.35. The second-order valence-electron chi connectivity index (χ2n) is 5.58. The lowest BCUT2D eigenvalue weighted by Crippen LogP contribution is -1.98. The van der Waals surface area contributed by atoms with Crippen LogP contribution in [-0.4, -0.2) is 17.8 Å². The van der Waals surface area contributed by atoms with E-state index < -0.39 is 0 Å². The molecule has 2 heterocycles. The van der Waals surface area contributed by atoms with Gasteiger partial charge in [-0.15, -0.1) is 0 Å². The number of rotatable bonds is 3. The summed E-state index contributed by atoms with van der Waals surface area (Å²) < 4.78 is 7.42. The first-order chi connectivity index (χ1) is 10.6. The van der Waals surface area contributed by atoms with Crippen LogP contribution in [0.2, 0.25) is 0 Å². The molecule has 3 heteroatoms. The van der Waals surface area contributed by atoms with Crippen LogP contribution in [0.4, 0.5) is 0 Å². The molecule has 0 N–H and O–H groups in total. The van der Waals surface area contributed by atoms with E-state index in [9.17, 15) is 4.79 Å². The predicted molar refractivity (Wildman–Crippen MR) is 89.0 cm³/mol. The smallest absolute Gasteiger partial charge is 0.167 e. The van der Waals surface area contributed by atoms with Gasteiger partial charge in [0.15, 0.2) is 6.29 Å². The van der Waals surface area contributed by atoms with Gasteiger partial charge in [0, 0.05) is 17.3 Å². The molecule has 3 rings (SSSR count). The highest BCUT2D eigenvalue weighted by atomic mass is 16.5. The molecule has 2 aromatic heterocycles. The molecule has 3 aromatic rings. The van der Waals surface area contributed by atoms with Crippen LogP contribution < -0.4 is 4.74 Å². The number of benzene rings is 1. The van der Waals surface area contributed by atoms with E-state index in [1.165, 1.54) is 0 Å². The number of ether oxygens (including phenoxy) is 1. The molecular weight excluding hydrogens is 274 g/mol. The van der Waals surface area contributed by atoms with Crippen molar-refractivity contribution in [2.45, 2.75) is 20.8 Å². The standard InChI is InChI=1S/C19H19NO2/c1-12-9-16(13(2)14(3)19(12)22-4)17-10-15-7-5-6-8-20(15)18(17)11-21/h5-11H,1-4H3. The molecule has 22 heavy (non-hydrogen) atoms. The fourth-order valence-corrected chi connectivity index (χ4v) is 3.13. The molecule has 0 aliphatic carbocycles. The predicted octanol–water partition coefficient (Wildman–Crippen LogP) is 4.35. The lowest BCUT2D eigenvalue weighted by Gasteiger charge is -2.15. The summed E-state index contributed by atoms with van der Waals surface area (Å²) in [5, 5.41) is 0. The summed E-state index contributed by atoms with van der Waals surface area (Å²) >= 11 is 0. The molecule has 0 spiro atoms. The van der Waals surface area contributed by atoms with Gasteiger partial charge in [0.2, 0.25) is 0 Å². The Morgan fingerprint density at radius 1 is 1.05 bits per heavy atom. The largest absolute Gasteiger partial charge is 0.496 e. The summed E-state index contributed by atoms with van der Waals surface area (Å²) in [5.74, 6) is 0.915. The molecule has 112 valence electrons. The Labute approximate surface area is 130 Å². The van der Waals surface area contributed by atoms with Gasteiger partial charge in [-0.1, -0.05) is 6.07 Å². The monoisotopic (exact) mass is 293 g/mol. The van der Waals surface area contributed by atoms with Crippen LogP contribution in [0.5, 0.6) is 5.75 Å². The number of nitrogens with zero attached hydrogens (tertiary/aromatic N) is 1. The van der Waals surface area contributed by atoms with E-state index in [2.05, 4.69) is 26.0 Å². The van der Waals surface area contributed by atoms with Crippen molar-refractivity contribution in [2.75, 3.05) is 7.11 Å². The van der Waals surface area contributed by atoms with Gasteiger partial charge in [0.05, 0.1) is 12.8 Å². The molecule has 0 atom stereocenters. The van der Waals surface area contributed by atoms with Gasteiger partial charge in [-0.2, -0.15) is 0 Å².